The van der Waals surface area contributed by atoms with Crippen molar-refractivity contribution in [2.24, 2.45) is 0 Å². The van der Waals surface area contributed by atoms with Gasteiger partial charge in [0.25, 0.3) is 0 Å². The van der Waals surface area contributed by atoms with Gasteiger partial charge in [0.15, 0.2) is 0 Å². The van der Waals surface area contributed by atoms with E-state index < -0.39 is 11.5 Å². The van der Waals surface area contributed by atoms with Crippen LogP contribution in [-0.2, 0) is 9.59 Å². The molecule has 0 aromatic carbocycles. The highest BCUT2D eigenvalue weighted by molar-refractivity contribution is 7.80. The van der Waals surface area contributed by atoms with Crippen LogP contribution < -0.4 is 0 Å². The lowest BCUT2D eigenvalue weighted by Gasteiger charge is -2.33. The van der Waals surface area contributed by atoms with Crippen LogP contribution in [0.3, 0.4) is 0 Å². The SMILES string of the molecule is CCC(=O)N1CCCC1(CS)C(=O)O. The van der Waals surface area contributed by atoms with Gasteiger partial charge in [0, 0.05) is 18.7 Å². The van der Waals surface area contributed by atoms with Crippen LogP contribution in [0.4, 0.5) is 0 Å². The number of hydrogen-bond acceptors (Lipinski definition) is 3. The number of amides is 1. The summed E-state index contributed by atoms with van der Waals surface area (Å²) in [5, 5.41) is 9.14. The summed E-state index contributed by atoms with van der Waals surface area (Å²) < 4.78 is 0. The molecule has 0 spiro atoms. The number of aliphatic carboxylic acids is 1. The van der Waals surface area contributed by atoms with E-state index >= 15 is 0 Å². The van der Waals surface area contributed by atoms with Crippen molar-refractivity contribution in [2.75, 3.05) is 12.3 Å². The van der Waals surface area contributed by atoms with Gasteiger partial charge in [-0.2, -0.15) is 12.6 Å². The normalized spacial score (nSPS) is 26.6. The van der Waals surface area contributed by atoms with Crippen LogP contribution in [0.25, 0.3) is 0 Å². The average Bonchev–Trinajstić information content (AvgIpc) is 2.61. The third-order valence-corrected chi connectivity index (χ3v) is 3.28. The first-order valence-corrected chi connectivity index (χ1v) is 5.36. The Bertz CT molecular complexity index is 256. The largest absolute Gasteiger partial charge is 0.479 e. The van der Waals surface area contributed by atoms with Gasteiger partial charge in [-0.15, -0.1) is 0 Å². The molecular formula is C9H15NO3S. The number of carbonyl (C=O) groups is 2. The van der Waals surface area contributed by atoms with Crippen molar-refractivity contribution < 1.29 is 14.7 Å². The second-order valence-corrected chi connectivity index (χ2v) is 3.81. The van der Waals surface area contributed by atoms with Crippen molar-refractivity contribution in [1.29, 1.82) is 0 Å². The summed E-state index contributed by atoms with van der Waals surface area (Å²) in [6.45, 7) is 2.28. The molecule has 0 saturated carbocycles. The predicted molar refractivity (Wildman–Crippen MR) is 55.5 cm³/mol. The van der Waals surface area contributed by atoms with E-state index in [1.54, 1.807) is 6.92 Å². The highest BCUT2D eigenvalue weighted by Gasteiger charge is 2.48. The Kier molecular flexibility index (Phi) is 3.42. The molecule has 1 amide bonds. The van der Waals surface area contributed by atoms with E-state index in [9.17, 15) is 9.59 Å². The van der Waals surface area contributed by atoms with Gasteiger partial charge in [-0.05, 0) is 12.8 Å². The molecule has 1 heterocycles. The maximum absolute atomic E-state index is 11.5. The number of carboxylic acids is 1. The summed E-state index contributed by atoms with van der Waals surface area (Å²) >= 11 is 4.06. The first-order valence-electron chi connectivity index (χ1n) is 4.73. The fourth-order valence-electron chi connectivity index (χ4n) is 1.89. The molecule has 1 atom stereocenters. The van der Waals surface area contributed by atoms with E-state index in [1.165, 1.54) is 4.90 Å². The number of carbonyl (C=O) groups excluding carboxylic acids is 1. The number of rotatable bonds is 3. The lowest BCUT2D eigenvalue weighted by atomic mass is 9.99. The quantitative estimate of drug-likeness (QED) is 0.687. The van der Waals surface area contributed by atoms with Crippen LogP contribution in [0.2, 0.25) is 0 Å². The molecule has 0 aliphatic carbocycles. The highest BCUT2D eigenvalue weighted by Crippen LogP contribution is 2.31. The zero-order valence-electron chi connectivity index (χ0n) is 8.19. The number of hydrogen-bond donors (Lipinski definition) is 2. The Morgan fingerprint density at radius 3 is 2.64 bits per heavy atom. The molecule has 14 heavy (non-hydrogen) atoms. The maximum Gasteiger partial charge on any atom is 0.330 e. The van der Waals surface area contributed by atoms with Crippen molar-refractivity contribution >= 4 is 24.5 Å². The number of thiol groups is 1. The van der Waals surface area contributed by atoms with Crippen LogP contribution in [0, 0.1) is 0 Å². The van der Waals surface area contributed by atoms with Gasteiger partial charge in [-0.3, -0.25) is 4.79 Å². The van der Waals surface area contributed by atoms with Crippen molar-refractivity contribution in [3.8, 4) is 0 Å². The molecule has 80 valence electrons. The van der Waals surface area contributed by atoms with Gasteiger partial charge in [0.05, 0.1) is 0 Å². The topological polar surface area (TPSA) is 57.6 Å². The van der Waals surface area contributed by atoms with Crippen LogP contribution in [0.5, 0.6) is 0 Å². The molecule has 1 unspecified atom stereocenters. The number of carboxylic acid groups (broad SMARTS) is 1. The molecule has 0 radical (unpaired) electrons. The Balaban J connectivity index is 2.94. The smallest absolute Gasteiger partial charge is 0.330 e. The minimum Gasteiger partial charge on any atom is -0.479 e. The highest BCUT2D eigenvalue weighted by atomic mass is 32.1. The van der Waals surface area contributed by atoms with E-state index in [1.807, 2.05) is 0 Å². The Hall–Kier alpha value is -0.710. The fourth-order valence-corrected chi connectivity index (χ4v) is 2.35. The summed E-state index contributed by atoms with van der Waals surface area (Å²) in [7, 11) is 0. The minimum atomic E-state index is -1.06. The second kappa shape index (κ2) is 4.21. The van der Waals surface area contributed by atoms with Crippen molar-refractivity contribution in [2.45, 2.75) is 31.7 Å². The zero-order chi connectivity index (χ0) is 10.8. The lowest BCUT2D eigenvalue weighted by molar-refractivity contribution is -0.154. The Morgan fingerprint density at radius 2 is 2.21 bits per heavy atom. The van der Waals surface area contributed by atoms with Gasteiger partial charge in [-0.1, -0.05) is 6.92 Å². The first-order chi connectivity index (χ1) is 6.58. The molecule has 1 aliphatic heterocycles. The van der Waals surface area contributed by atoms with Gasteiger partial charge >= 0.3 is 5.97 Å². The maximum atomic E-state index is 11.5. The molecule has 4 nitrogen and oxygen atoms in total. The Labute approximate surface area is 88.7 Å². The van der Waals surface area contributed by atoms with E-state index in [4.69, 9.17) is 5.11 Å². The van der Waals surface area contributed by atoms with Gasteiger partial charge < -0.3 is 10.0 Å². The van der Waals surface area contributed by atoms with Crippen molar-refractivity contribution in [3.05, 3.63) is 0 Å². The molecular weight excluding hydrogens is 202 g/mol. The first kappa shape index (κ1) is 11.4. The minimum absolute atomic E-state index is 0.0982. The molecule has 0 aromatic rings. The zero-order valence-corrected chi connectivity index (χ0v) is 9.09. The van der Waals surface area contributed by atoms with E-state index in [-0.39, 0.29) is 11.7 Å². The van der Waals surface area contributed by atoms with Crippen LogP contribution in [0.15, 0.2) is 0 Å². The Morgan fingerprint density at radius 1 is 1.57 bits per heavy atom. The molecule has 5 heteroatoms. The van der Waals surface area contributed by atoms with Gasteiger partial charge in [0.2, 0.25) is 5.91 Å². The van der Waals surface area contributed by atoms with E-state index in [0.29, 0.717) is 19.4 Å². The summed E-state index contributed by atoms with van der Waals surface area (Å²) in [5.41, 5.74) is -1.06. The molecule has 0 aromatic heterocycles. The predicted octanol–water partition coefficient (Wildman–Crippen LogP) is 0.772. The molecule has 1 N–H and O–H groups in total. The summed E-state index contributed by atoms with van der Waals surface area (Å²) in [5.74, 6) is -0.848. The molecule has 0 bridgehead atoms. The third-order valence-electron chi connectivity index (χ3n) is 2.75. The molecule has 1 aliphatic rings. The number of nitrogens with zero attached hydrogens (tertiary/aromatic N) is 1. The summed E-state index contributed by atoms with van der Waals surface area (Å²) in [6.07, 6.45) is 1.61. The van der Waals surface area contributed by atoms with Crippen LogP contribution in [-0.4, -0.2) is 39.7 Å². The molecule has 1 fully saturated rings. The third kappa shape index (κ3) is 1.61. The average molecular weight is 217 g/mol. The van der Waals surface area contributed by atoms with Gasteiger partial charge in [0.1, 0.15) is 5.54 Å². The van der Waals surface area contributed by atoms with E-state index in [2.05, 4.69) is 12.6 Å². The standard InChI is InChI=1S/C9H15NO3S/c1-2-7(11)10-5-3-4-9(10,6-14)8(12)13/h14H,2-6H2,1H3,(H,12,13). The van der Waals surface area contributed by atoms with Crippen LogP contribution in [0.1, 0.15) is 26.2 Å². The number of likely N-dealkylation sites (tertiary alicyclic amines) is 1. The lowest BCUT2D eigenvalue weighted by Crippen LogP contribution is -2.54. The second-order valence-electron chi connectivity index (χ2n) is 3.50. The van der Waals surface area contributed by atoms with Crippen molar-refractivity contribution in [1.82, 2.24) is 4.90 Å². The molecule has 1 saturated heterocycles. The fraction of sp³-hybridized carbons (Fsp3) is 0.778. The van der Waals surface area contributed by atoms with Crippen LogP contribution >= 0.6 is 12.6 Å². The molecule has 1 rings (SSSR count). The monoisotopic (exact) mass is 217 g/mol. The summed E-state index contributed by atoms with van der Waals surface area (Å²) in [4.78, 5) is 24.1. The van der Waals surface area contributed by atoms with Gasteiger partial charge in [-0.25, -0.2) is 4.79 Å². The summed E-state index contributed by atoms with van der Waals surface area (Å²) in [6, 6.07) is 0. The van der Waals surface area contributed by atoms with Crippen molar-refractivity contribution in [3.63, 3.8) is 0 Å². The van der Waals surface area contributed by atoms with E-state index in [0.717, 1.165) is 6.42 Å².